The summed E-state index contributed by atoms with van der Waals surface area (Å²) >= 11 is 0. The number of benzene rings is 8. The summed E-state index contributed by atoms with van der Waals surface area (Å²) in [4.78, 5) is 0. The second-order valence-corrected chi connectivity index (χ2v) is 34.4. The first kappa shape index (κ1) is 98.9. The third-order valence-corrected chi connectivity index (χ3v) is 25.7. The van der Waals surface area contributed by atoms with Crippen LogP contribution in [0.25, 0.3) is 76.1 Å². The van der Waals surface area contributed by atoms with Crippen molar-refractivity contribution < 1.29 is 0 Å². The molecule has 0 spiro atoms. The van der Waals surface area contributed by atoms with Crippen LogP contribution in [0.2, 0.25) is 0 Å². The van der Waals surface area contributed by atoms with Gasteiger partial charge in [0.05, 0.1) is 198 Å². The molecule has 8 rings (SSSR count). The van der Waals surface area contributed by atoms with Crippen molar-refractivity contribution in [3.05, 3.63) is 94.6 Å². The normalized spacial score (nSPS) is 9.04. The summed E-state index contributed by atoms with van der Waals surface area (Å²) in [5, 5.41) is 8.90. The third-order valence-electron chi connectivity index (χ3n) is 25.7. The van der Waals surface area contributed by atoms with E-state index in [9.17, 15) is 0 Å². The van der Waals surface area contributed by atoms with E-state index in [0.717, 1.165) is 81.8 Å². The Balaban J connectivity index is 2.16. The van der Waals surface area contributed by atoms with Crippen LogP contribution in [-0.4, -0.2) is 231 Å². The summed E-state index contributed by atoms with van der Waals surface area (Å²) in [7, 11) is 47.4. The van der Waals surface area contributed by atoms with E-state index in [-0.39, 0.29) is 45.2 Å². The van der Waals surface area contributed by atoms with Crippen LogP contribution in [0.3, 0.4) is 0 Å². The van der Waals surface area contributed by atoms with Gasteiger partial charge in [0.25, 0.3) is 0 Å². The molecule has 0 aromatic heterocycles. The van der Waals surface area contributed by atoms with Crippen molar-refractivity contribution in [2.75, 3.05) is 0 Å². The van der Waals surface area contributed by atoms with Crippen LogP contribution in [0.4, 0.5) is 0 Å². The molecule has 0 saturated carbocycles. The Bertz CT molecular complexity index is 7460. The van der Waals surface area contributed by atoms with E-state index in [4.69, 9.17) is 32.1 Å². The molecule has 0 atom stereocenters. The monoisotopic (exact) mass is 1560 g/mol. The summed E-state index contributed by atoms with van der Waals surface area (Å²) in [6.07, 6.45) is 32.2. The molecular formula is C94H80B32. The van der Waals surface area contributed by atoms with Crippen molar-refractivity contribution in [1.82, 2.24) is 0 Å². The lowest BCUT2D eigenvalue weighted by molar-refractivity contribution is 1.24. The van der Waals surface area contributed by atoms with Gasteiger partial charge in [0, 0.05) is 89.2 Å². The molecule has 0 radical (unpaired) electrons. The average molecular weight is 1560 g/mol. The Morgan fingerprint density at radius 3 is 1.03 bits per heavy atom. The zero-order valence-corrected chi connectivity index (χ0v) is 79.9. The molecule has 0 N–H and O–H groups in total. The van der Waals surface area contributed by atoms with Crippen molar-refractivity contribution in [3.8, 4) is 285 Å². The summed E-state index contributed by atoms with van der Waals surface area (Å²) in [5.41, 5.74) is 26.9. The molecule has 8 aromatic carbocycles. The zero-order chi connectivity index (χ0) is 93.0. The lowest BCUT2D eigenvalue weighted by atomic mass is 8.66. The molecule has 0 saturated heterocycles. The fraction of sp³-hybridized carbons (Fsp3) is 0.128. The van der Waals surface area contributed by atoms with Crippen LogP contribution in [0.1, 0.15) is 115 Å². The second kappa shape index (κ2) is 44.9. The molecule has 0 unspecified atom stereocenters. The van der Waals surface area contributed by atoms with Crippen molar-refractivity contribution >= 4 is 324 Å². The molecule has 0 aliphatic heterocycles. The summed E-state index contributed by atoms with van der Waals surface area (Å²) < 4.78 is 0. The first-order valence-corrected chi connectivity index (χ1v) is 43.8. The van der Waals surface area contributed by atoms with Crippen LogP contribution >= 0.6 is 0 Å². The van der Waals surface area contributed by atoms with Crippen LogP contribution in [0.5, 0.6) is 0 Å². The molecule has 126 heavy (non-hydrogen) atoms. The molecule has 0 amide bonds. The largest absolute Gasteiger partial charge is 0.139 e. The van der Waals surface area contributed by atoms with Gasteiger partial charge in [-0.3, -0.25) is 0 Å². The van der Waals surface area contributed by atoms with Crippen LogP contribution in [0, 0.1) is 325 Å². The quantitative estimate of drug-likeness (QED) is 0.0391. The second-order valence-electron chi connectivity index (χ2n) is 34.4. The first-order chi connectivity index (χ1) is 60.3. The van der Waals surface area contributed by atoms with Gasteiger partial charge in [-0.2, -0.15) is 0 Å². The van der Waals surface area contributed by atoms with Gasteiger partial charge in [0.2, 0.25) is 0 Å². The van der Waals surface area contributed by atoms with Crippen molar-refractivity contribution in [2.24, 2.45) is 0 Å². The van der Waals surface area contributed by atoms with E-state index in [0.29, 0.717) is 103 Å². The minimum atomic E-state index is 0.0196. The van der Waals surface area contributed by atoms with Crippen molar-refractivity contribution in [1.29, 1.82) is 0 Å². The molecule has 0 fully saturated rings. The molecule has 0 aliphatic rings. The van der Waals surface area contributed by atoms with E-state index in [1.165, 1.54) is 54.9 Å². The maximum Gasteiger partial charge on any atom is 0.139 e. The van der Waals surface area contributed by atoms with Crippen molar-refractivity contribution in [2.45, 2.75) is 83.1 Å². The van der Waals surface area contributed by atoms with Gasteiger partial charge < -0.3 is 0 Å². The maximum absolute atomic E-state index is 6.77. The van der Waals surface area contributed by atoms with E-state index >= 15 is 0 Å². The summed E-state index contributed by atoms with van der Waals surface area (Å²) in [6, 6.07) is 0. The van der Waals surface area contributed by atoms with Crippen molar-refractivity contribution in [3.63, 3.8) is 0 Å². The lowest BCUT2D eigenvalue weighted by Gasteiger charge is -2.42. The molecule has 0 aliphatic carbocycles. The van der Waals surface area contributed by atoms with Gasteiger partial charge in [-0.05, 0) is 342 Å². The van der Waals surface area contributed by atoms with E-state index in [1.54, 1.807) is 37.2 Å². The fourth-order valence-corrected chi connectivity index (χ4v) is 19.6. The Labute approximate surface area is 780 Å². The smallest absolute Gasteiger partial charge is 0.115 e. The van der Waals surface area contributed by atoms with Crippen LogP contribution in [0.15, 0.2) is 0 Å². The standard InChI is InChI=1S/C94H80B32/c1-18-26-32-36-39-41-44-47-53-69-70(55-48-43-40-37-33-27-19-2)79-73(56-49-42-38-34-28-20-3)80(71(54-46-35-29-21-4)72(52-45-30-22-5)82(79)81-68(51-31-23-6)67(50-24-7)66(25-8)65(17)74(69)81)83-75-61(13)57(9)59(11)63(15)77(75)84(78-64(16)60(12)58(10)62(14)76(78)83)85-86-87(88(95)89(113-96)90(85)116(99)100)92(120(125(110)111)126(112)115-98)94(119(123(106)107)124(108)109)93(118(114-97)122(104)105)91(86)117(101)121(102)103/h1,3-4,6,8,113-115H,95-112H2,2,5,7,9-17H3. The highest BCUT2D eigenvalue weighted by Gasteiger charge is 2.44. The summed E-state index contributed by atoms with van der Waals surface area (Å²) in [6.45, 7) is 26.3. The molecule has 32 heteroatoms. The number of fused-ring (bicyclic) bond motifs is 6. The summed E-state index contributed by atoms with van der Waals surface area (Å²) in [5.74, 6) is 118. The fourth-order valence-electron chi connectivity index (χ4n) is 19.6. The number of rotatable bonds is 16. The molecule has 0 heterocycles. The lowest BCUT2D eigenvalue weighted by Crippen LogP contribution is -2.80. The molecule has 8 aromatic rings. The maximum atomic E-state index is 6.77. The van der Waals surface area contributed by atoms with Gasteiger partial charge in [0.1, 0.15) is 21.5 Å². The highest BCUT2D eigenvalue weighted by molar-refractivity contribution is 7.89. The van der Waals surface area contributed by atoms with E-state index in [1.807, 2.05) is 6.92 Å². The Hall–Kier alpha value is -12.5. The van der Waals surface area contributed by atoms with Gasteiger partial charge in [-0.1, -0.05) is 81.1 Å². The predicted octanol–water partition coefficient (Wildman–Crippen LogP) is -13.8. The van der Waals surface area contributed by atoms with E-state index < -0.39 is 0 Å². The topological polar surface area (TPSA) is 0 Å². The average Bonchev–Trinajstić information content (AvgIpc) is 0.675. The van der Waals surface area contributed by atoms with Gasteiger partial charge in [-0.25, -0.2) is 0 Å². The molecular weight excluding hydrogens is 1480 g/mol. The number of aryl methyl sites for hydroxylation is 5. The number of terminal acetylenes is 5. The Kier molecular flexibility index (Phi) is 35.2. The molecule has 552 valence electrons. The van der Waals surface area contributed by atoms with Crippen LogP contribution in [-0.2, 0) is 0 Å². The number of hydrogen-bond donors (Lipinski definition) is 0. The minimum Gasteiger partial charge on any atom is -0.115 e. The molecule has 0 bridgehead atoms. The van der Waals surface area contributed by atoms with Gasteiger partial charge in [0.15, 0.2) is 0 Å². The third kappa shape index (κ3) is 19.4. The highest BCUT2D eigenvalue weighted by Crippen LogP contribution is 2.55. The minimum absolute atomic E-state index is 0.0196. The zero-order valence-electron chi connectivity index (χ0n) is 79.9. The highest BCUT2D eigenvalue weighted by atomic mass is 14.4. The SMILES string of the molecule is BBB(B)B(B(B)B)c1c(B(B(B)B)B(B)B)c(B(BB)B(B)B)c(B(B)B(B)B)c2c(-c3c4c(C)c(C)c(C)c(C)c4c(-c4c(C#CC#CC#C)c(C#CC#CC)c5c(c4C#CC#CC#CC#C)c(C#CC#CC#CC#CC)c(C#CC#CC#CC#CC#C)c4c(C)c(C#C)c(C#CC)c(C#CC#C)c45)c4c(C)c(C)c(C)c(C)c34)c(B(B)B)c(BB)c(B)c12. The Morgan fingerprint density at radius 1 is 0.262 bits per heavy atom. The van der Waals surface area contributed by atoms with Gasteiger partial charge in [-0.15, -0.1) is 54.4 Å². The van der Waals surface area contributed by atoms with Gasteiger partial charge >= 0.3 is 0 Å². The van der Waals surface area contributed by atoms with E-state index in [2.05, 4.69) is 426 Å². The number of hydrogen-bond acceptors (Lipinski definition) is 0. The van der Waals surface area contributed by atoms with Crippen LogP contribution < -0.4 is 38.2 Å². The Morgan fingerprint density at radius 2 is 0.635 bits per heavy atom. The molecule has 0 nitrogen and oxygen atoms in total. The predicted molar refractivity (Wildman–Crippen MR) is 630 cm³/mol. The first-order valence-electron chi connectivity index (χ1n) is 43.8.